The van der Waals surface area contributed by atoms with Gasteiger partial charge in [0.1, 0.15) is 5.82 Å². The van der Waals surface area contributed by atoms with Crippen molar-refractivity contribution in [2.24, 2.45) is 5.73 Å². The van der Waals surface area contributed by atoms with Gasteiger partial charge in [-0.05, 0) is 31.0 Å². The van der Waals surface area contributed by atoms with Crippen LogP contribution < -0.4 is 5.73 Å². The number of hydrogen-bond donors (Lipinski definition) is 1. The molecule has 2 rings (SSSR count). The number of imidazole rings is 1. The molecule has 2 aromatic rings. The Balaban J connectivity index is 2.50. The zero-order chi connectivity index (χ0) is 12.4. The lowest BCUT2D eigenvalue weighted by molar-refractivity contribution is 0.604. The van der Waals surface area contributed by atoms with Gasteiger partial charge in [-0.2, -0.15) is 0 Å². The summed E-state index contributed by atoms with van der Waals surface area (Å²) in [6.45, 7) is 3.85. The van der Waals surface area contributed by atoms with Gasteiger partial charge in [0.15, 0.2) is 0 Å². The van der Waals surface area contributed by atoms with Crippen LogP contribution in [0.25, 0.3) is 5.69 Å². The van der Waals surface area contributed by atoms with E-state index in [4.69, 9.17) is 5.73 Å². The van der Waals surface area contributed by atoms with Crippen LogP contribution in [0.2, 0.25) is 0 Å². The normalized spacial score (nSPS) is 12.7. The summed E-state index contributed by atoms with van der Waals surface area (Å²) >= 11 is 0. The van der Waals surface area contributed by atoms with Crippen molar-refractivity contribution in [3.8, 4) is 5.69 Å². The molecular formula is C13H16FN3. The van der Waals surface area contributed by atoms with E-state index in [1.807, 2.05) is 19.9 Å². The first kappa shape index (κ1) is 11.8. The Labute approximate surface area is 100 Å². The minimum Gasteiger partial charge on any atom is -0.323 e. The fourth-order valence-corrected chi connectivity index (χ4v) is 1.80. The molecule has 0 unspecified atom stereocenters. The van der Waals surface area contributed by atoms with Crippen molar-refractivity contribution in [2.75, 3.05) is 0 Å². The fraction of sp³-hybridized carbons (Fsp3) is 0.308. The fourth-order valence-electron chi connectivity index (χ4n) is 1.80. The molecule has 17 heavy (non-hydrogen) atoms. The highest BCUT2D eigenvalue weighted by Crippen LogP contribution is 2.21. The maximum atomic E-state index is 13.9. The first-order valence-electron chi connectivity index (χ1n) is 5.67. The molecule has 0 bridgehead atoms. The molecule has 4 heteroatoms. The van der Waals surface area contributed by atoms with E-state index in [1.54, 1.807) is 23.2 Å². The van der Waals surface area contributed by atoms with Crippen LogP contribution in [0.15, 0.2) is 30.7 Å². The Hall–Kier alpha value is -1.68. The van der Waals surface area contributed by atoms with Gasteiger partial charge < -0.3 is 5.73 Å². The zero-order valence-electron chi connectivity index (χ0n) is 10.0. The van der Waals surface area contributed by atoms with Crippen LogP contribution in [-0.2, 0) is 0 Å². The number of benzene rings is 1. The molecular weight excluding hydrogens is 217 g/mol. The SMILES string of the molecule is CC[C@@H](N)c1cncn1-c1ccc(C)cc1F. The van der Waals surface area contributed by atoms with E-state index in [1.165, 1.54) is 6.07 Å². The Morgan fingerprint density at radius 2 is 2.24 bits per heavy atom. The van der Waals surface area contributed by atoms with Crippen molar-refractivity contribution in [2.45, 2.75) is 26.3 Å². The van der Waals surface area contributed by atoms with Crippen molar-refractivity contribution in [3.05, 3.63) is 47.8 Å². The highest BCUT2D eigenvalue weighted by molar-refractivity contribution is 5.38. The van der Waals surface area contributed by atoms with Crippen LogP contribution in [0.3, 0.4) is 0 Å². The van der Waals surface area contributed by atoms with E-state index in [0.717, 1.165) is 17.7 Å². The second-order valence-electron chi connectivity index (χ2n) is 4.16. The standard InChI is InChI=1S/C13H16FN3/c1-3-11(15)13-7-16-8-17(13)12-5-4-9(2)6-10(12)14/h4-8,11H,3,15H2,1-2H3/t11-/m1/s1. The predicted molar refractivity (Wildman–Crippen MR) is 65.5 cm³/mol. The summed E-state index contributed by atoms with van der Waals surface area (Å²) in [5.74, 6) is -0.257. The first-order chi connectivity index (χ1) is 8.13. The summed E-state index contributed by atoms with van der Waals surface area (Å²) in [6.07, 6.45) is 4.07. The molecule has 1 aromatic heterocycles. The summed E-state index contributed by atoms with van der Waals surface area (Å²) in [4.78, 5) is 4.05. The van der Waals surface area contributed by atoms with E-state index in [-0.39, 0.29) is 11.9 Å². The molecule has 0 fully saturated rings. The lowest BCUT2D eigenvalue weighted by Crippen LogP contribution is -2.14. The lowest BCUT2D eigenvalue weighted by Gasteiger charge is -2.13. The highest BCUT2D eigenvalue weighted by Gasteiger charge is 2.13. The van der Waals surface area contributed by atoms with Gasteiger partial charge in [-0.15, -0.1) is 0 Å². The highest BCUT2D eigenvalue weighted by atomic mass is 19.1. The second-order valence-corrected chi connectivity index (χ2v) is 4.16. The van der Waals surface area contributed by atoms with Crippen molar-refractivity contribution < 1.29 is 4.39 Å². The third kappa shape index (κ3) is 2.22. The molecule has 1 aromatic carbocycles. The minimum absolute atomic E-state index is 0.127. The van der Waals surface area contributed by atoms with E-state index in [9.17, 15) is 4.39 Å². The van der Waals surface area contributed by atoms with Crippen LogP contribution in [0.1, 0.15) is 30.6 Å². The lowest BCUT2D eigenvalue weighted by atomic mass is 10.1. The van der Waals surface area contributed by atoms with Gasteiger partial charge >= 0.3 is 0 Å². The first-order valence-corrected chi connectivity index (χ1v) is 5.67. The average molecular weight is 233 g/mol. The van der Waals surface area contributed by atoms with Gasteiger partial charge in [0, 0.05) is 6.04 Å². The molecule has 2 N–H and O–H groups in total. The third-order valence-electron chi connectivity index (χ3n) is 2.85. The van der Waals surface area contributed by atoms with Crippen LogP contribution >= 0.6 is 0 Å². The summed E-state index contributed by atoms with van der Waals surface area (Å²) in [6, 6.07) is 5.01. The Morgan fingerprint density at radius 3 is 2.88 bits per heavy atom. The molecule has 3 nitrogen and oxygen atoms in total. The molecule has 0 amide bonds. The molecule has 0 aliphatic carbocycles. The summed E-state index contributed by atoms with van der Waals surface area (Å²) < 4.78 is 15.6. The molecule has 0 saturated heterocycles. The largest absolute Gasteiger partial charge is 0.323 e. The van der Waals surface area contributed by atoms with Crippen LogP contribution in [0, 0.1) is 12.7 Å². The van der Waals surface area contributed by atoms with Gasteiger partial charge in [-0.3, -0.25) is 4.57 Å². The van der Waals surface area contributed by atoms with Crippen molar-refractivity contribution in [1.82, 2.24) is 9.55 Å². The average Bonchev–Trinajstić information content (AvgIpc) is 2.77. The van der Waals surface area contributed by atoms with Gasteiger partial charge in [-0.25, -0.2) is 9.37 Å². The minimum atomic E-state index is -0.257. The van der Waals surface area contributed by atoms with Gasteiger partial charge in [0.2, 0.25) is 0 Å². The number of halogens is 1. The molecule has 0 aliphatic heterocycles. The van der Waals surface area contributed by atoms with Crippen LogP contribution in [0.4, 0.5) is 4.39 Å². The Kier molecular flexibility index (Phi) is 3.24. The third-order valence-corrected chi connectivity index (χ3v) is 2.85. The van der Waals surface area contributed by atoms with Crippen molar-refractivity contribution in [1.29, 1.82) is 0 Å². The molecule has 0 radical (unpaired) electrons. The van der Waals surface area contributed by atoms with Gasteiger partial charge in [-0.1, -0.05) is 13.0 Å². The molecule has 1 heterocycles. The van der Waals surface area contributed by atoms with Crippen LogP contribution in [-0.4, -0.2) is 9.55 Å². The van der Waals surface area contributed by atoms with E-state index < -0.39 is 0 Å². The predicted octanol–water partition coefficient (Wildman–Crippen LogP) is 2.73. The number of aryl methyl sites for hydroxylation is 1. The van der Waals surface area contributed by atoms with E-state index in [0.29, 0.717) is 5.69 Å². The van der Waals surface area contributed by atoms with E-state index in [2.05, 4.69) is 4.98 Å². The monoisotopic (exact) mass is 233 g/mol. The summed E-state index contributed by atoms with van der Waals surface area (Å²) in [7, 11) is 0. The van der Waals surface area contributed by atoms with E-state index >= 15 is 0 Å². The Morgan fingerprint density at radius 1 is 1.47 bits per heavy atom. The number of rotatable bonds is 3. The quantitative estimate of drug-likeness (QED) is 0.885. The van der Waals surface area contributed by atoms with Gasteiger partial charge in [0.25, 0.3) is 0 Å². The number of aromatic nitrogens is 2. The number of hydrogen-bond acceptors (Lipinski definition) is 2. The van der Waals surface area contributed by atoms with Crippen molar-refractivity contribution in [3.63, 3.8) is 0 Å². The molecule has 0 spiro atoms. The van der Waals surface area contributed by atoms with Crippen molar-refractivity contribution >= 4 is 0 Å². The molecule has 0 saturated carbocycles. The van der Waals surface area contributed by atoms with Crippen LogP contribution in [0.5, 0.6) is 0 Å². The molecule has 90 valence electrons. The number of nitrogens with zero attached hydrogens (tertiary/aromatic N) is 2. The maximum Gasteiger partial charge on any atom is 0.147 e. The molecule has 1 atom stereocenters. The smallest absolute Gasteiger partial charge is 0.147 e. The van der Waals surface area contributed by atoms with Gasteiger partial charge in [0.05, 0.1) is 23.9 Å². The summed E-state index contributed by atoms with van der Waals surface area (Å²) in [5.41, 5.74) is 8.19. The topological polar surface area (TPSA) is 43.8 Å². The summed E-state index contributed by atoms with van der Waals surface area (Å²) in [5, 5.41) is 0. The maximum absolute atomic E-state index is 13.9. The number of nitrogens with two attached hydrogens (primary N) is 1. The molecule has 0 aliphatic rings. The zero-order valence-corrected chi connectivity index (χ0v) is 10.0. The Bertz CT molecular complexity index is 519. The second kappa shape index (κ2) is 4.67.